The van der Waals surface area contributed by atoms with Crippen LogP contribution < -0.4 is 9.47 Å². The molecule has 0 amide bonds. The summed E-state index contributed by atoms with van der Waals surface area (Å²) in [6.07, 6.45) is 3.38. The molecule has 8 heteroatoms. The van der Waals surface area contributed by atoms with E-state index in [2.05, 4.69) is 5.10 Å². The standard InChI is InChI=1S/C19H27N3O4S/c1-4-21-13-19(15(2)20-21)27(23,24)22-11-7-8-16(12-22)14-26-18-10-6-5-9-17(18)25-3/h5-6,9-10,13,16H,4,7-8,11-12,14H2,1-3H3. The van der Waals surface area contributed by atoms with E-state index in [-0.39, 0.29) is 5.92 Å². The molecular formula is C19H27N3O4S. The maximum Gasteiger partial charge on any atom is 0.246 e. The molecular weight excluding hydrogens is 366 g/mol. The molecule has 148 valence electrons. The highest BCUT2D eigenvalue weighted by Gasteiger charge is 2.32. The van der Waals surface area contributed by atoms with Gasteiger partial charge in [0, 0.05) is 31.7 Å². The van der Waals surface area contributed by atoms with Crippen molar-refractivity contribution in [3.63, 3.8) is 0 Å². The van der Waals surface area contributed by atoms with Gasteiger partial charge >= 0.3 is 0 Å². The van der Waals surface area contributed by atoms with E-state index < -0.39 is 10.0 Å². The van der Waals surface area contributed by atoms with Crippen LogP contribution in [0.25, 0.3) is 0 Å². The molecule has 1 saturated heterocycles. The Balaban J connectivity index is 1.69. The fourth-order valence-corrected chi connectivity index (χ4v) is 5.10. The molecule has 0 aliphatic carbocycles. The lowest BCUT2D eigenvalue weighted by Gasteiger charge is -2.31. The van der Waals surface area contributed by atoms with Crippen LogP contribution >= 0.6 is 0 Å². The van der Waals surface area contributed by atoms with Gasteiger partial charge in [-0.2, -0.15) is 9.40 Å². The molecule has 1 aliphatic rings. The van der Waals surface area contributed by atoms with Gasteiger partial charge in [0.1, 0.15) is 4.90 Å². The minimum absolute atomic E-state index is 0.139. The first kappa shape index (κ1) is 19.7. The number of piperidine rings is 1. The smallest absolute Gasteiger partial charge is 0.246 e. The van der Waals surface area contributed by atoms with E-state index in [1.807, 2.05) is 31.2 Å². The molecule has 7 nitrogen and oxygen atoms in total. The van der Waals surface area contributed by atoms with Crippen LogP contribution in [0.5, 0.6) is 11.5 Å². The number of methoxy groups -OCH3 is 1. The topological polar surface area (TPSA) is 73.7 Å². The van der Waals surface area contributed by atoms with Crippen molar-refractivity contribution in [2.45, 2.75) is 38.1 Å². The first-order valence-electron chi connectivity index (χ1n) is 9.25. The molecule has 2 aromatic rings. The Morgan fingerprint density at radius 3 is 2.67 bits per heavy atom. The average Bonchev–Trinajstić information content (AvgIpc) is 3.08. The lowest BCUT2D eigenvalue weighted by Crippen LogP contribution is -2.41. The first-order chi connectivity index (χ1) is 13.0. The Morgan fingerprint density at radius 1 is 1.26 bits per heavy atom. The highest BCUT2D eigenvalue weighted by atomic mass is 32.2. The molecule has 1 aromatic heterocycles. The highest BCUT2D eigenvalue weighted by Crippen LogP contribution is 2.29. The summed E-state index contributed by atoms with van der Waals surface area (Å²) in [4.78, 5) is 0.302. The van der Waals surface area contributed by atoms with Crippen molar-refractivity contribution >= 4 is 10.0 Å². The van der Waals surface area contributed by atoms with E-state index in [9.17, 15) is 8.42 Å². The van der Waals surface area contributed by atoms with Gasteiger partial charge in [0.15, 0.2) is 11.5 Å². The second kappa shape index (κ2) is 8.31. The van der Waals surface area contributed by atoms with Crippen LogP contribution in [-0.4, -0.2) is 49.3 Å². The molecule has 1 aliphatic heterocycles. The monoisotopic (exact) mass is 393 g/mol. The molecule has 0 spiro atoms. The number of sulfonamides is 1. The highest BCUT2D eigenvalue weighted by molar-refractivity contribution is 7.89. The van der Waals surface area contributed by atoms with Crippen LogP contribution in [0, 0.1) is 12.8 Å². The molecule has 1 fully saturated rings. The van der Waals surface area contributed by atoms with Crippen LogP contribution in [-0.2, 0) is 16.6 Å². The number of rotatable bonds is 7. The largest absolute Gasteiger partial charge is 0.493 e. The van der Waals surface area contributed by atoms with Gasteiger partial charge in [-0.3, -0.25) is 4.68 Å². The fraction of sp³-hybridized carbons (Fsp3) is 0.526. The van der Waals surface area contributed by atoms with Gasteiger partial charge in [-0.15, -0.1) is 0 Å². The molecule has 1 atom stereocenters. The summed E-state index contributed by atoms with van der Waals surface area (Å²) in [5.41, 5.74) is 0.546. The summed E-state index contributed by atoms with van der Waals surface area (Å²) in [5.74, 6) is 1.50. The third-order valence-electron chi connectivity index (χ3n) is 4.87. The van der Waals surface area contributed by atoms with Gasteiger partial charge in [-0.05, 0) is 38.8 Å². The quantitative estimate of drug-likeness (QED) is 0.723. The predicted octanol–water partition coefficient (Wildman–Crippen LogP) is 2.70. The van der Waals surface area contributed by atoms with Gasteiger partial charge < -0.3 is 9.47 Å². The summed E-state index contributed by atoms with van der Waals surface area (Å²) in [7, 11) is -1.93. The SMILES string of the molecule is CCn1cc(S(=O)(=O)N2CCCC(COc3ccccc3OC)C2)c(C)n1. The Hall–Kier alpha value is -2.06. The molecule has 1 aromatic carbocycles. The molecule has 0 radical (unpaired) electrons. The Labute approximate surface area is 160 Å². The van der Waals surface area contributed by atoms with Crippen molar-refractivity contribution in [2.24, 2.45) is 5.92 Å². The lowest BCUT2D eigenvalue weighted by molar-refractivity contribution is 0.176. The number of aryl methyl sites for hydroxylation is 2. The van der Waals surface area contributed by atoms with E-state index >= 15 is 0 Å². The van der Waals surface area contributed by atoms with Gasteiger partial charge in [0.05, 0.1) is 19.4 Å². The number of para-hydroxylation sites is 2. The lowest BCUT2D eigenvalue weighted by atomic mass is 10.0. The summed E-state index contributed by atoms with van der Waals surface area (Å²) in [5, 5.41) is 4.28. The van der Waals surface area contributed by atoms with E-state index in [4.69, 9.17) is 9.47 Å². The number of benzene rings is 1. The third-order valence-corrected chi connectivity index (χ3v) is 6.84. The normalized spacial score (nSPS) is 18.4. The van der Waals surface area contributed by atoms with Crippen molar-refractivity contribution in [3.8, 4) is 11.5 Å². The Bertz CT molecular complexity index is 879. The summed E-state index contributed by atoms with van der Waals surface area (Å²) in [6.45, 7) is 5.77. The average molecular weight is 394 g/mol. The molecule has 3 rings (SSSR count). The van der Waals surface area contributed by atoms with Crippen LogP contribution in [0.1, 0.15) is 25.5 Å². The van der Waals surface area contributed by atoms with Crippen molar-refractivity contribution in [1.82, 2.24) is 14.1 Å². The van der Waals surface area contributed by atoms with Crippen molar-refractivity contribution in [1.29, 1.82) is 0 Å². The van der Waals surface area contributed by atoms with Crippen molar-refractivity contribution in [3.05, 3.63) is 36.2 Å². The molecule has 1 unspecified atom stereocenters. The van der Waals surface area contributed by atoms with Crippen molar-refractivity contribution < 1.29 is 17.9 Å². The van der Waals surface area contributed by atoms with E-state index in [0.29, 0.717) is 48.3 Å². The van der Waals surface area contributed by atoms with Crippen LogP contribution in [0.15, 0.2) is 35.4 Å². The van der Waals surface area contributed by atoms with Gasteiger partial charge in [0.25, 0.3) is 0 Å². The molecule has 0 saturated carbocycles. The summed E-state index contributed by atoms with van der Waals surface area (Å²) in [6, 6.07) is 7.49. The van der Waals surface area contributed by atoms with Crippen molar-refractivity contribution in [2.75, 3.05) is 26.8 Å². The fourth-order valence-electron chi connectivity index (χ4n) is 3.38. The predicted molar refractivity (Wildman–Crippen MR) is 103 cm³/mol. The number of hydrogen-bond acceptors (Lipinski definition) is 5. The third kappa shape index (κ3) is 4.27. The molecule has 0 bridgehead atoms. The second-order valence-corrected chi connectivity index (χ2v) is 8.67. The zero-order valence-electron chi connectivity index (χ0n) is 16.1. The minimum Gasteiger partial charge on any atom is -0.493 e. The second-order valence-electron chi connectivity index (χ2n) is 6.77. The Kier molecular flexibility index (Phi) is 6.06. The van der Waals surface area contributed by atoms with Crippen LogP contribution in [0.4, 0.5) is 0 Å². The summed E-state index contributed by atoms with van der Waals surface area (Å²) >= 11 is 0. The van der Waals surface area contributed by atoms with E-state index in [1.165, 1.54) is 0 Å². The maximum absolute atomic E-state index is 13.1. The van der Waals surface area contributed by atoms with E-state index in [0.717, 1.165) is 12.8 Å². The number of nitrogens with zero attached hydrogens (tertiary/aromatic N) is 3. The van der Waals surface area contributed by atoms with E-state index in [1.54, 1.807) is 29.2 Å². The Morgan fingerprint density at radius 2 is 2.00 bits per heavy atom. The number of aromatic nitrogens is 2. The van der Waals surface area contributed by atoms with Crippen LogP contribution in [0.3, 0.4) is 0 Å². The molecule has 0 N–H and O–H groups in total. The summed E-state index contributed by atoms with van der Waals surface area (Å²) < 4.78 is 40.6. The van der Waals surface area contributed by atoms with Gasteiger partial charge in [-0.1, -0.05) is 12.1 Å². The zero-order chi connectivity index (χ0) is 19.4. The maximum atomic E-state index is 13.1. The van der Waals surface area contributed by atoms with Gasteiger partial charge in [-0.25, -0.2) is 8.42 Å². The molecule has 2 heterocycles. The first-order valence-corrected chi connectivity index (χ1v) is 10.7. The zero-order valence-corrected chi connectivity index (χ0v) is 16.9. The molecule has 27 heavy (non-hydrogen) atoms. The number of hydrogen-bond donors (Lipinski definition) is 0. The minimum atomic E-state index is -3.54. The van der Waals surface area contributed by atoms with Crippen LogP contribution in [0.2, 0.25) is 0 Å². The van der Waals surface area contributed by atoms with Gasteiger partial charge in [0.2, 0.25) is 10.0 Å². The number of ether oxygens (including phenoxy) is 2.